The number of benzene rings is 1. The lowest BCUT2D eigenvalue weighted by atomic mass is 10.1. The van der Waals surface area contributed by atoms with Crippen LogP contribution in [0.2, 0.25) is 0 Å². The largest absolute Gasteiger partial charge is 0.478 e. The summed E-state index contributed by atoms with van der Waals surface area (Å²) in [6.45, 7) is 1.46. The molecular formula is C14H17NO5S. The molecule has 0 spiro atoms. The molecule has 114 valence electrons. The summed E-state index contributed by atoms with van der Waals surface area (Å²) in [6, 6.07) is 4.32. The van der Waals surface area contributed by atoms with Crippen LogP contribution in [0, 0.1) is 6.92 Å². The van der Waals surface area contributed by atoms with Gasteiger partial charge in [0.2, 0.25) is 5.91 Å². The fourth-order valence-electron chi connectivity index (χ4n) is 2.05. The van der Waals surface area contributed by atoms with Gasteiger partial charge in [-0.25, -0.2) is 13.2 Å². The number of amides is 1. The summed E-state index contributed by atoms with van der Waals surface area (Å²) in [5, 5.41) is 11.7. The number of aromatic carboxylic acids is 1. The van der Waals surface area contributed by atoms with Gasteiger partial charge in [0.05, 0.1) is 16.2 Å². The summed E-state index contributed by atoms with van der Waals surface area (Å²) in [5.74, 6) is -1.78. The van der Waals surface area contributed by atoms with Gasteiger partial charge in [-0.1, -0.05) is 6.07 Å². The Balaban J connectivity index is 2.13. The highest BCUT2D eigenvalue weighted by Crippen LogP contribution is 2.22. The van der Waals surface area contributed by atoms with Crippen molar-refractivity contribution in [3.05, 3.63) is 29.3 Å². The van der Waals surface area contributed by atoms with E-state index in [4.69, 9.17) is 5.11 Å². The molecule has 0 heterocycles. The Morgan fingerprint density at radius 2 is 2.00 bits per heavy atom. The average molecular weight is 311 g/mol. The Hall–Kier alpha value is -1.89. The predicted octanol–water partition coefficient (Wildman–Crippen LogP) is 1.14. The summed E-state index contributed by atoms with van der Waals surface area (Å²) >= 11 is 0. The molecule has 1 aromatic carbocycles. The van der Waals surface area contributed by atoms with E-state index in [9.17, 15) is 18.0 Å². The van der Waals surface area contributed by atoms with Crippen molar-refractivity contribution >= 4 is 21.7 Å². The molecule has 0 radical (unpaired) electrons. The number of rotatable bonds is 6. The van der Waals surface area contributed by atoms with Gasteiger partial charge in [-0.3, -0.25) is 4.79 Å². The number of carbonyl (C=O) groups is 2. The van der Waals surface area contributed by atoms with E-state index in [2.05, 4.69) is 5.32 Å². The Morgan fingerprint density at radius 1 is 1.33 bits per heavy atom. The van der Waals surface area contributed by atoms with Crippen molar-refractivity contribution in [3.8, 4) is 0 Å². The van der Waals surface area contributed by atoms with Crippen molar-refractivity contribution in [1.82, 2.24) is 5.32 Å². The molecule has 0 aromatic heterocycles. The average Bonchev–Trinajstić information content (AvgIpc) is 3.20. The van der Waals surface area contributed by atoms with Gasteiger partial charge in [-0.2, -0.15) is 0 Å². The summed E-state index contributed by atoms with van der Waals surface area (Å²) < 4.78 is 24.5. The molecule has 0 saturated heterocycles. The van der Waals surface area contributed by atoms with E-state index in [1.807, 2.05) is 0 Å². The zero-order chi connectivity index (χ0) is 15.6. The minimum atomic E-state index is -3.68. The molecule has 0 bridgehead atoms. The van der Waals surface area contributed by atoms with Gasteiger partial charge in [-0.05, 0) is 37.5 Å². The van der Waals surface area contributed by atoms with Gasteiger partial charge >= 0.3 is 5.97 Å². The standard InChI is InChI=1S/C14H17NO5S/c1-9-11(14(17)18)3-2-4-12(9)21(19,20)8-7-13(16)15-10-5-6-10/h2-4,10H,5-8H2,1H3,(H,15,16)(H,17,18). The summed E-state index contributed by atoms with van der Waals surface area (Å²) in [7, 11) is -3.68. The molecule has 0 aliphatic heterocycles. The van der Waals surface area contributed by atoms with Crippen LogP contribution in [0.4, 0.5) is 0 Å². The summed E-state index contributed by atoms with van der Waals surface area (Å²) in [4.78, 5) is 22.6. The Bertz CT molecular complexity index is 677. The highest BCUT2D eigenvalue weighted by atomic mass is 32.2. The molecule has 2 rings (SSSR count). The van der Waals surface area contributed by atoms with E-state index in [1.54, 1.807) is 0 Å². The van der Waals surface area contributed by atoms with Gasteiger partial charge in [0.25, 0.3) is 0 Å². The second kappa shape index (κ2) is 5.85. The third kappa shape index (κ3) is 3.81. The third-order valence-corrected chi connectivity index (χ3v) is 5.24. The van der Waals surface area contributed by atoms with Crippen LogP contribution in [0.3, 0.4) is 0 Å². The van der Waals surface area contributed by atoms with Crippen LogP contribution in [0.5, 0.6) is 0 Å². The smallest absolute Gasteiger partial charge is 0.335 e. The van der Waals surface area contributed by atoms with Crippen LogP contribution in [-0.2, 0) is 14.6 Å². The van der Waals surface area contributed by atoms with Crippen molar-refractivity contribution in [1.29, 1.82) is 0 Å². The van der Waals surface area contributed by atoms with Crippen LogP contribution in [0.15, 0.2) is 23.1 Å². The maximum absolute atomic E-state index is 12.3. The highest BCUT2D eigenvalue weighted by molar-refractivity contribution is 7.91. The molecule has 1 aromatic rings. The first-order valence-corrected chi connectivity index (χ1v) is 8.31. The van der Waals surface area contributed by atoms with Gasteiger partial charge in [0.1, 0.15) is 0 Å². The summed E-state index contributed by atoms with van der Waals surface area (Å²) in [5.41, 5.74) is 0.158. The van der Waals surface area contributed by atoms with Gasteiger partial charge in [0.15, 0.2) is 9.84 Å². The quantitative estimate of drug-likeness (QED) is 0.820. The Kier molecular flexibility index (Phi) is 4.32. The van der Waals surface area contributed by atoms with E-state index in [0.717, 1.165) is 12.8 Å². The second-order valence-corrected chi connectivity index (χ2v) is 7.22. The van der Waals surface area contributed by atoms with E-state index in [-0.39, 0.29) is 40.1 Å². The fourth-order valence-corrected chi connectivity index (χ4v) is 3.58. The molecule has 1 aliphatic carbocycles. The molecule has 1 fully saturated rings. The molecule has 21 heavy (non-hydrogen) atoms. The third-order valence-electron chi connectivity index (χ3n) is 3.39. The second-order valence-electron chi connectivity index (χ2n) is 5.14. The van der Waals surface area contributed by atoms with Crippen molar-refractivity contribution < 1.29 is 23.1 Å². The van der Waals surface area contributed by atoms with E-state index in [0.29, 0.717) is 0 Å². The molecule has 1 amide bonds. The SMILES string of the molecule is Cc1c(C(=O)O)cccc1S(=O)(=O)CCC(=O)NC1CC1. The molecule has 7 heteroatoms. The van der Waals surface area contributed by atoms with Crippen molar-refractivity contribution in [2.24, 2.45) is 0 Å². The first-order chi connectivity index (χ1) is 9.81. The number of carboxylic acids is 1. The maximum atomic E-state index is 12.3. The zero-order valence-corrected chi connectivity index (χ0v) is 12.4. The molecular weight excluding hydrogens is 294 g/mol. The lowest BCUT2D eigenvalue weighted by Gasteiger charge is -2.10. The predicted molar refractivity (Wildman–Crippen MR) is 76.0 cm³/mol. The van der Waals surface area contributed by atoms with Gasteiger partial charge in [-0.15, -0.1) is 0 Å². The van der Waals surface area contributed by atoms with Crippen molar-refractivity contribution in [2.45, 2.75) is 37.1 Å². The number of hydrogen-bond donors (Lipinski definition) is 2. The van der Waals surface area contributed by atoms with Crippen molar-refractivity contribution in [3.63, 3.8) is 0 Å². The maximum Gasteiger partial charge on any atom is 0.335 e. The zero-order valence-electron chi connectivity index (χ0n) is 11.6. The lowest BCUT2D eigenvalue weighted by Crippen LogP contribution is -2.27. The number of carbonyl (C=O) groups excluding carboxylic acids is 1. The molecule has 0 unspecified atom stereocenters. The van der Waals surface area contributed by atoms with Crippen molar-refractivity contribution in [2.75, 3.05) is 5.75 Å². The Morgan fingerprint density at radius 3 is 2.57 bits per heavy atom. The number of hydrogen-bond acceptors (Lipinski definition) is 4. The topological polar surface area (TPSA) is 101 Å². The monoisotopic (exact) mass is 311 g/mol. The van der Waals surface area contributed by atoms with Crippen LogP contribution < -0.4 is 5.32 Å². The van der Waals surface area contributed by atoms with Gasteiger partial charge in [0, 0.05) is 12.5 Å². The summed E-state index contributed by atoms with van der Waals surface area (Å²) in [6.07, 6.45) is 1.77. The molecule has 6 nitrogen and oxygen atoms in total. The van der Waals surface area contributed by atoms with Crippen LogP contribution >= 0.6 is 0 Å². The van der Waals surface area contributed by atoms with Crippen LogP contribution in [0.25, 0.3) is 0 Å². The molecule has 0 atom stereocenters. The minimum absolute atomic E-state index is 0.0263. The normalized spacial score (nSPS) is 14.7. The molecule has 1 aliphatic rings. The molecule has 2 N–H and O–H groups in total. The fraction of sp³-hybridized carbons (Fsp3) is 0.429. The Labute approximate surface area is 123 Å². The first kappa shape index (κ1) is 15.5. The highest BCUT2D eigenvalue weighted by Gasteiger charge is 2.25. The molecule has 1 saturated carbocycles. The van der Waals surface area contributed by atoms with Crippen LogP contribution in [0.1, 0.15) is 35.2 Å². The lowest BCUT2D eigenvalue weighted by molar-refractivity contribution is -0.120. The van der Waals surface area contributed by atoms with E-state index >= 15 is 0 Å². The van der Waals surface area contributed by atoms with Crippen LogP contribution in [-0.4, -0.2) is 37.2 Å². The number of sulfone groups is 1. The van der Waals surface area contributed by atoms with Gasteiger partial charge < -0.3 is 10.4 Å². The first-order valence-electron chi connectivity index (χ1n) is 6.66. The minimum Gasteiger partial charge on any atom is -0.478 e. The van der Waals surface area contributed by atoms with E-state index < -0.39 is 15.8 Å². The number of nitrogens with one attached hydrogen (secondary N) is 1. The van der Waals surface area contributed by atoms with E-state index in [1.165, 1.54) is 25.1 Å². The number of carboxylic acid groups (broad SMARTS) is 1.